The van der Waals surface area contributed by atoms with Gasteiger partial charge in [0.1, 0.15) is 0 Å². The van der Waals surface area contributed by atoms with Crippen LogP contribution in [0.1, 0.15) is 6.92 Å². The molecule has 0 rings (SSSR count). The third kappa shape index (κ3) is 5.49. The highest BCUT2D eigenvalue weighted by molar-refractivity contribution is 7.80. The standard InChI is InChI=1S/C7H17NO2S/c1-6(11)5-10-7(9-4)8(2)3/h6-7,11H,5H2,1-4H3. The van der Waals surface area contributed by atoms with Gasteiger partial charge in [0.2, 0.25) is 6.41 Å². The summed E-state index contributed by atoms with van der Waals surface area (Å²) in [5.74, 6) is 0. The van der Waals surface area contributed by atoms with Crippen molar-refractivity contribution in [2.24, 2.45) is 0 Å². The second-order valence-corrected chi connectivity index (χ2v) is 3.57. The van der Waals surface area contributed by atoms with Crippen LogP contribution in [0.3, 0.4) is 0 Å². The molecule has 0 saturated carbocycles. The Morgan fingerprint density at radius 3 is 2.27 bits per heavy atom. The van der Waals surface area contributed by atoms with Crippen molar-refractivity contribution < 1.29 is 9.47 Å². The highest BCUT2D eigenvalue weighted by Gasteiger charge is 2.09. The second kappa shape index (κ2) is 5.83. The van der Waals surface area contributed by atoms with E-state index in [-0.39, 0.29) is 11.7 Å². The fourth-order valence-corrected chi connectivity index (χ4v) is 0.736. The van der Waals surface area contributed by atoms with Gasteiger partial charge in [0.05, 0.1) is 6.61 Å². The molecule has 0 aliphatic rings. The van der Waals surface area contributed by atoms with Gasteiger partial charge < -0.3 is 9.47 Å². The minimum Gasteiger partial charge on any atom is -0.343 e. The Hall–Kier alpha value is 0.230. The highest BCUT2D eigenvalue weighted by Crippen LogP contribution is 2.00. The zero-order chi connectivity index (χ0) is 8.85. The average molecular weight is 179 g/mol. The maximum Gasteiger partial charge on any atom is 0.217 e. The lowest BCUT2D eigenvalue weighted by Crippen LogP contribution is -2.33. The molecular weight excluding hydrogens is 162 g/mol. The van der Waals surface area contributed by atoms with Crippen molar-refractivity contribution in [2.75, 3.05) is 27.8 Å². The molecule has 11 heavy (non-hydrogen) atoms. The third-order valence-corrected chi connectivity index (χ3v) is 1.25. The number of ether oxygens (including phenoxy) is 2. The van der Waals surface area contributed by atoms with Crippen LogP contribution in [0.2, 0.25) is 0 Å². The predicted octanol–water partition coefficient (Wildman–Crippen LogP) is 0.813. The van der Waals surface area contributed by atoms with E-state index in [2.05, 4.69) is 12.6 Å². The molecule has 0 aromatic rings. The molecule has 4 heteroatoms. The van der Waals surface area contributed by atoms with Gasteiger partial charge in [0, 0.05) is 12.4 Å². The molecule has 2 unspecified atom stereocenters. The molecule has 0 amide bonds. The van der Waals surface area contributed by atoms with Crippen LogP contribution in [-0.2, 0) is 9.47 Å². The van der Waals surface area contributed by atoms with Gasteiger partial charge in [-0.05, 0) is 14.1 Å². The quantitative estimate of drug-likeness (QED) is 0.498. The first-order chi connectivity index (χ1) is 5.07. The molecule has 68 valence electrons. The van der Waals surface area contributed by atoms with Crippen LogP contribution in [-0.4, -0.2) is 44.4 Å². The van der Waals surface area contributed by atoms with Gasteiger partial charge in [-0.15, -0.1) is 0 Å². The maximum absolute atomic E-state index is 5.34. The Morgan fingerprint density at radius 1 is 1.45 bits per heavy atom. The van der Waals surface area contributed by atoms with Crippen molar-refractivity contribution in [3.63, 3.8) is 0 Å². The lowest BCUT2D eigenvalue weighted by Gasteiger charge is -2.23. The first-order valence-electron chi connectivity index (χ1n) is 3.56. The number of thiol groups is 1. The van der Waals surface area contributed by atoms with Gasteiger partial charge in [0.15, 0.2) is 0 Å². The molecule has 0 aliphatic carbocycles. The molecule has 0 radical (unpaired) electrons. The van der Waals surface area contributed by atoms with E-state index in [9.17, 15) is 0 Å². The molecule has 0 saturated heterocycles. The Balaban J connectivity index is 3.52. The molecule has 0 aromatic carbocycles. The maximum atomic E-state index is 5.34. The number of hydrogen-bond acceptors (Lipinski definition) is 4. The largest absolute Gasteiger partial charge is 0.343 e. The monoisotopic (exact) mass is 179 g/mol. The Kier molecular flexibility index (Phi) is 5.95. The fraction of sp³-hybridized carbons (Fsp3) is 1.00. The smallest absolute Gasteiger partial charge is 0.217 e. The van der Waals surface area contributed by atoms with E-state index < -0.39 is 0 Å². The zero-order valence-corrected chi connectivity index (χ0v) is 8.47. The van der Waals surface area contributed by atoms with E-state index in [1.165, 1.54) is 0 Å². The van der Waals surface area contributed by atoms with Crippen molar-refractivity contribution in [3.8, 4) is 0 Å². The molecule has 0 fully saturated rings. The molecule has 0 aromatic heterocycles. The first-order valence-corrected chi connectivity index (χ1v) is 4.08. The summed E-state index contributed by atoms with van der Waals surface area (Å²) < 4.78 is 10.4. The topological polar surface area (TPSA) is 21.7 Å². The van der Waals surface area contributed by atoms with Crippen LogP contribution in [0, 0.1) is 0 Å². The van der Waals surface area contributed by atoms with Crippen molar-refractivity contribution in [1.29, 1.82) is 0 Å². The van der Waals surface area contributed by atoms with Gasteiger partial charge in [-0.25, -0.2) is 0 Å². The van der Waals surface area contributed by atoms with E-state index in [0.717, 1.165) is 0 Å². The van der Waals surface area contributed by atoms with E-state index in [1.54, 1.807) is 7.11 Å². The number of methoxy groups -OCH3 is 1. The van der Waals surface area contributed by atoms with Crippen molar-refractivity contribution >= 4 is 12.6 Å². The summed E-state index contributed by atoms with van der Waals surface area (Å²) in [7, 11) is 5.42. The van der Waals surface area contributed by atoms with Crippen LogP contribution in [0.15, 0.2) is 0 Å². The lowest BCUT2D eigenvalue weighted by molar-refractivity contribution is -0.195. The van der Waals surface area contributed by atoms with Crippen LogP contribution >= 0.6 is 12.6 Å². The van der Waals surface area contributed by atoms with Crippen LogP contribution in [0.5, 0.6) is 0 Å². The summed E-state index contributed by atoms with van der Waals surface area (Å²) in [6, 6.07) is 0. The fourth-order valence-electron chi connectivity index (χ4n) is 0.650. The predicted molar refractivity (Wildman–Crippen MR) is 48.9 cm³/mol. The summed E-state index contributed by atoms with van der Waals surface area (Å²) in [5, 5.41) is 0.243. The molecule has 0 aliphatic heterocycles. The molecule has 0 heterocycles. The molecule has 0 N–H and O–H groups in total. The van der Waals surface area contributed by atoms with Crippen molar-refractivity contribution in [2.45, 2.75) is 18.6 Å². The summed E-state index contributed by atoms with van der Waals surface area (Å²) in [6.45, 7) is 2.57. The van der Waals surface area contributed by atoms with Crippen molar-refractivity contribution in [1.82, 2.24) is 4.90 Å². The van der Waals surface area contributed by atoms with E-state index in [0.29, 0.717) is 6.61 Å². The zero-order valence-electron chi connectivity index (χ0n) is 7.57. The minimum atomic E-state index is -0.260. The third-order valence-electron chi connectivity index (χ3n) is 1.10. The summed E-state index contributed by atoms with van der Waals surface area (Å²) in [4.78, 5) is 1.86. The molecule has 3 nitrogen and oxygen atoms in total. The van der Waals surface area contributed by atoms with Gasteiger partial charge >= 0.3 is 0 Å². The van der Waals surface area contributed by atoms with Crippen LogP contribution in [0.4, 0.5) is 0 Å². The summed E-state index contributed by atoms with van der Waals surface area (Å²) >= 11 is 4.18. The molecule has 0 spiro atoms. The number of hydrogen-bond donors (Lipinski definition) is 1. The Bertz CT molecular complexity index is 98.4. The van der Waals surface area contributed by atoms with Crippen molar-refractivity contribution in [3.05, 3.63) is 0 Å². The SMILES string of the molecule is COC(OCC(C)S)N(C)C. The van der Waals surface area contributed by atoms with E-state index in [4.69, 9.17) is 9.47 Å². The Labute approximate surface area is 74.1 Å². The molecule has 2 atom stereocenters. The molecular formula is C7H17NO2S. The molecule has 0 bridgehead atoms. The normalized spacial score (nSPS) is 16.9. The first kappa shape index (κ1) is 11.2. The second-order valence-electron chi connectivity index (χ2n) is 2.69. The van der Waals surface area contributed by atoms with Crippen LogP contribution in [0.25, 0.3) is 0 Å². The van der Waals surface area contributed by atoms with Gasteiger partial charge in [-0.2, -0.15) is 12.6 Å². The van der Waals surface area contributed by atoms with E-state index in [1.807, 2.05) is 25.9 Å². The summed E-state index contributed by atoms with van der Waals surface area (Å²) in [5.41, 5.74) is 0. The Morgan fingerprint density at radius 2 is 2.00 bits per heavy atom. The van der Waals surface area contributed by atoms with E-state index >= 15 is 0 Å². The number of nitrogens with zero attached hydrogens (tertiary/aromatic N) is 1. The van der Waals surface area contributed by atoms with Gasteiger partial charge in [0.25, 0.3) is 0 Å². The highest BCUT2D eigenvalue weighted by atomic mass is 32.1. The van der Waals surface area contributed by atoms with Gasteiger partial charge in [-0.1, -0.05) is 6.92 Å². The minimum absolute atomic E-state index is 0.243. The average Bonchev–Trinajstić information content (AvgIpc) is 1.87. The summed E-state index contributed by atoms with van der Waals surface area (Å²) in [6.07, 6.45) is -0.260. The van der Waals surface area contributed by atoms with Crippen LogP contribution < -0.4 is 0 Å². The van der Waals surface area contributed by atoms with Gasteiger partial charge in [-0.3, -0.25) is 4.90 Å². The number of rotatable bonds is 5. The lowest BCUT2D eigenvalue weighted by atomic mass is 10.5.